The zero-order chi connectivity index (χ0) is 17.7. The normalized spacial score (nSPS) is 10.1. The monoisotopic (exact) mass is 328 g/mol. The number of carbonyl (C=O) groups is 2. The highest BCUT2D eigenvalue weighted by Crippen LogP contribution is 2.18. The molecule has 24 heavy (non-hydrogen) atoms. The van der Waals surface area contributed by atoms with Gasteiger partial charge in [0.25, 0.3) is 11.6 Å². The summed E-state index contributed by atoms with van der Waals surface area (Å²) in [6.07, 6.45) is 0. The highest BCUT2D eigenvalue weighted by molar-refractivity contribution is 5.96. The molecule has 0 atom stereocenters. The zero-order valence-corrected chi connectivity index (χ0v) is 13.2. The van der Waals surface area contributed by atoms with Crippen molar-refractivity contribution in [1.29, 1.82) is 0 Å². The molecule has 1 N–H and O–H groups in total. The average Bonchev–Trinajstić information content (AvgIpc) is 2.57. The Bertz CT molecular complexity index is 801. The van der Waals surface area contributed by atoms with Crippen LogP contribution in [-0.4, -0.2) is 23.4 Å². The lowest BCUT2D eigenvalue weighted by atomic mass is 10.1. The van der Waals surface area contributed by atoms with Gasteiger partial charge in [-0.15, -0.1) is 0 Å². The number of non-ortho nitro benzene ring substituents is 1. The van der Waals surface area contributed by atoms with E-state index in [0.717, 1.165) is 17.2 Å². The number of nitrogens with zero attached hydrogens (tertiary/aromatic N) is 1. The van der Waals surface area contributed by atoms with E-state index < -0.39 is 23.4 Å². The summed E-state index contributed by atoms with van der Waals surface area (Å²) in [6.45, 7) is 3.32. The summed E-state index contributed by atoms with van der Waals surface area (Å²) >= 11 is 0. The van der Waals surface area contributed by atoms with Crippen molar-refractivity contribution in [3.05, 3.63) is 69.3 Å². The van der Waals surface area contributed by atoms with Crippen LogP contribution in [0.2, 0.25) is 0 Å². The largest absolute Gasteiger partial charge is 0.452 e. The van der Waals surface area contributed by atoms with Crippen LogP contribution in [0.4, 0.5) is 11.4 Å². The highest BCUT2D eigenvalue weighted by Gasteiger charge is 2.14. The van der Waals surface area contributed by atoms with Crippen LogP contribution in [0.5, 0.6) is 0 Å². The third-order valence-corrected chi connectivity index (χ3v) is 3.51. The predicted octanol–water partition coefficient (Wildman–Crippen LogP) is 3.01. The van der Waals surface area contributed by atoms with Crippen LogP contribution in [0.15, 0.2) is 42.5 Å². The minimum atomic E-state index is -0.796. The first-order chi connectivity index (χ1) is 11.4. The molecule has 0 aliphatic carbocycles. The molecule has 0 aliphatic rings. The number of amides is 1. The van der Waals surface area contributed by atoms with E-state index in [4.69, 9.17) is 4.74 Å². The van der Waals surface area contributed by atoms with Crippen LogP contribution in [-0.2, 0) is 9.53 Å². The van der Waals surface area contributed by atoms with Crippen LogP contribution in [0.25, 0.3) is 0 Å². The molecule has 0 unspecified atom stereocenters. The number of ether oxygens (including phenoxy) is 1. The Morgan fingerprint density at radius 1 is 1.17 bits per heavy atom. The topological polar surface area (TPSA) is 98.5 Å². The van der Waals surface area contributed by atoms with E-state index in [0.29, 0.717) is 5.69 Å². The quantitative estimate of drug-likeness (QED) is 0.517. The van der Waals surface area contributed by atoms with E-state index in [2.05, 4.69) is 5.32 Å². The molecule has 2 aromatic carbocycles. The summed E-state index contributed by atoms with van der Waals surface area (Å²) in [5.74, 6) is -1.28. The Labute approximate surface area is 138 Å². The van der Waals surface area contributed by atoms with Gasteiger partial charge in [0.2, 0.25) is 0 Å². The number of nitrogens with one attached hydrogen (secondary N) is 1. The van der Waals surface area contributed by atoms with Gasteiger partial charge in [-0.2, -0.15) is 0 Å². The molecule has 2 aromatic rings. The molecule has 2 rings (SSSR count). The second kappa shape index (κ2) is 7.36. The van der Waals surface area contributed by atoms with E-state index in [1.165, 1.54) is 18.2 Å². The van der Waals surface area contributed by atoms with Gasteiger partial charge in [-0.1, -0.05) is 18.2 Å². The van der Waals surface area contributed by atoms with E-state index in [1.54, 1.807) is 6.07 Å². The van der Waals surface area contributed by atoms with Crippen molar-refractivity contribution in [3.8, 4) is 0 Å². The predicted molar refractivity (Wildman–Crippen MR) is 87.9 cm³/mol. The summed E-state index contributed by atoms with van der Waals surface area (Å²) in [5.41, 5.74) is 2.40. The Kier molecular flexibility index (Phi) is 5.26. The van der Waals surface area contributed by atoms with Crippen LogP contribution in [0.3, 0.4) is 0 Å². The van der Waals surface area contributed by atoms with Crippen molar-refractivity contribution in [3.63, 3.8) is 0 Å². The second-order valence-corrected chi connectivity index (χ2v) is 5.18. The molecule has 0 bridgehead atoms. The van der Waals surface area contributed by atoms with Gasteiger partial charge < -0.3 is 10.1 Å². The minimum Gasteiger partial charge on any atom is -0.452 e. The van der Waals surface area contributed by atoms with Crippen LogP contribution in [0, 0.1) is 24.0 Å². The van der Waals surface area contributed by atoms with Crippen molar-refractivity contribution in [1.82, 2.24) is 0 Å². The van der Waals surface area contributed by atoms with Crippen molar-refractivity contribution in [2.45, 2.75) is 13.8 Å². The van der Waals surface area contributed by atoms with Crippen molar-refractivity contribution < 1.29 is 19.2 Å². The average molecular weight is 328 g/mol. The first-order valence-electron chi connectivity index (χ1n) is 7.16. The minimum absolute atomic E-state index is 0.0173. The number of benzene rings is 2. The fraction of sp³-hybridized carbons (Fsp3) is 0.176. The lowest BCUT2D eigenvalue weighted by molar-refractivity contribution is -0.384. The molecule has 0 aromatic heterocycles. The summed E-state index contributed by atoms with van der Waals surface area (Å²) in [7, 11) is 0. The summed E-state index contributed by atoms with van der Waals surface area (Å²) in [4.78, 5) is 33.8. The first-order valence-corrected chi connectivity index (χ1v) is 7.16. The van der Waals surface area contributed by atoms with Crippen LogP contribution < -0.4 is 5.32 Å². The highest BCUT2D eigenvalue weighted by atomic mass is 16.6. The third kappa shape index (κ3) is 4.16. The first kappa shape index (κ1) is 17.1. The zero-order valence-electron chi connectivity index (χ0n) is 13.2. The smallest absolute Gasteiger partial charge is 0.338 e. The van der Waals surface area contributed by atoms with E-state index in [9.17, 15) is 19.7 Å². The second-order valence-electron chi connectivity index (χ2n) is 5.18. The van der Waals surface area contributed by atoms with E-state index in [1.807, 2.05) is 26.0 Å². The van der Waals surface area contributed by atoms with Crippen molar-refractivity contribution in [2.75, 3.05) is 11.9 Å². The SMILES string of the molecule is Cc1cccc(NC(=O)COC(=O)c2cccc([N+](=O)[O-])c2)c1C. The molecule has 1 amide bonds. The van der Waals surface area contributed by atoms with Crippen molar-refractivity contribution >= 4 is 23.3 Å². The Hall–Kier alpha value is -3.22. The van der Waals surface area contributed by atoms with Gasteiger partial charge in [-0.3, -0.25) is 14.9 Å². The lowest BCUT2D eigenvalue weighted by Crippen LogP contribution is -2.21. The number of rotatable bonds is 5. The number of hydrogen-bond acceptors (Lipinski definition) is 5. The molecule has 0 saturated carbocycles. The molecule has 0 aliphatic heterocycles. The number of anilines is 1. The van der Waals surface area contributed by atoms with E-state index in [-0.39, 0.29) is 11.3 Å². The van der Waals surface area contributed by atoms with Gasteiger partial charge in [0.15, 0.2) is 6.61 Å². The van der Waals surface area contributed by atoms with Gasteiger partial charge in [-0.05, 0) is 37.1 Å². The number of aryl methyl sites for hydroxylation is 1. The molecule has 7 heteroatoms. The van der Waals surface area contributed by atoms with Gasteiger partial charge in [-0.25, -0.2) is 4.79 Å². The molecular weight excluding hydrogens is 312 g/mol. The van der Waals surface area contributed by atoms with Gasteiger partial charge in [0.1, 0.15) is 0 Å². The summed E-state index contributed by atoms with van der Waals surface area (Å²) in [5, 5.41) is 13.4. The van der Waals surface area contributed by atoms with Gasteiger partial charge in [0.05, 0.1) is 10.5 Å². The van der Waals surface area contributed by atoms with E-state index >= 15 is 0 Å². The van der Waals surface area contributed by atoms with Crippen LogP contribution in [0.1, 0.15) is 21.5 Å². The number of esters is 1. The lowest BCUT2D eigenvalue weighted by Gasteiger charge is -2.10. The maximum absolute atomic E-state index is 11.9. The molecule has 0 spiro atoms. The maximum Gasteiger partial charge on any atom is 0.338 e. The Morgan fingerprint density at radius 2 is 1.88 bits per heavy atom. The fourth-order valence-electron chi connectivity index (χ4n) is 2.03. The van der Waals surface area contributed by atoms with Crippen molar-refractivity contribution in [2.24, 2.45) is 0 Å². The summed E-state index contributed by atoms with van der Waals surface area (Å²) < 4.78 is 4.89. The van der Waals surface area contributed by atoms with Gasteiger partial charge in [0, 0.05) is 17.8 Å². The molecule has 7 nitrogen and oxygen atoms in total. The van der Waals surface area contributed by atoms with Crippen LogP contribution >= 0.6 is 0 Å². The standard InChI is InChI=1S/C17H16N2O5/c1-11-5-3-8-15(12(11)2)18-16(20)10-24-17(21)13-6-4-7-14(9-13)19(22)23/h3-9H,10H2,1-2H3,(H,18,20). The number of hydrogen-bond donors (Lipinski definition) is 1. The molecule has 0 saturated heterocycles. The Morgan fingerprint density at radius 3 is 2.58 bits per heavy atom. The summed E-state index contributed by atoms with van der Waals surface area (Å²) in [6, 6.07) is 10.6. The molecule has 0 heterocycles. The molecule has 0 radical (unpaired) electrons. The maximum atomic E-state index is 11.9. The fourth-order valence-corrected chi connectivity index (χ4v) is 2.03. The molecule has 124 valence electrons. The number of nitro benzene ring substituents is 1. The Balaban J connectivity index is 1.96. The molecular formula is C17H16N2O5. The number of carbonyl (C=O) groups excluding carboxylic acids is 2. The third-order valence-electron chi connectivity index (χ3n) is 3.51. The van der Waals surface area contributed by atoms with Gasteiger partial charge >= 0.3 is 5.97 Å². The molecule has 0 fully saturated rings. The number of nitro groups is 1.